The molecule has 1 aliphatic rings. The van der Waals surface area contributed by atoms with Crippen LogP contribution in [0.4, 0.5) is 0 Å². The highest BCUT2D eigenvalue weighted by Gasteiger charge is 2.28. The molecule has 1 aromatic carbocycles. The molecule has 0 amide bonds. The fourth-order valence-electron chi connectivity index (χ4n) is 2.87. The number of ketones is 1. The zero-order chi connectivity index (χ0) is 13.0. The topological polar surface area (TPSA) is 26.3 Å². The van der Waals surface area contributed by atoms with E-state index in [0.29, 0.717) is 18.1 Å². The molecule has 0 aromatic heterocycles. The van der Waals surface area contributed by atoms with Gasteiger partial charge >= 0.3 is 0 Å². The first-order valence-electron chi connectivity index (χ1n) is 6.88. The Bertz CT molecular complexity index is 411. The highest BCUT2D eigenvalue weighted by atomic mass is 16.5. The first-order chi connectivity index (χ1) is 8.72. The number of benzene rings is 1. The molecule has 0 heterocycles. The number of carbonyl (C=O) groups excluding carboxylic acids is 1. The largest absolute Gasteiger partial charge is 0.497 e. The third kappa shape index (κ3) is 3.12. The van der Waals surface area contributed by atoms with E-state index in [1.807, 2.05) is 24.3 Å². The fraction of sp³-hybridized carbons (Fsp3) is 0.562. The minimum atomic E-state index is 0.293. The maximum atomic E-state index is 12.2. The van der Waals surface area contributed by atoms with Gasteiger partial charge in [-0.2, -0.15) is 0 Å². The van der Waals surface area contributed by atoms with Crippen LogP contribution in [0.15, 0.2) is 24.3 Å². The van der Waals surface area contributed by atoms with Crippen LogP contribution in [0.2, 0.25) is 0 Å². The van der Waals surface area contributed by atoms with Crippen molar-refractivity contribution in [1.29, 1.82) is 0 Å². The van der Waals surface area contributed by atoms with Crippen LogP contribution in [0.3, 0.4) is 0 Å². The molecule has 98 valence electrons. The molecular weight excluding hydrogens is 224 g/mol. The van der Waals surface area contributed by atoms with Crippen LogP contribution in [0.25, 0.3) is 0 Å². The number of methoxy groups -OCH3 is 1. The molecule has 0 aliphatic heterocycles. The number of Topliss-reactive ketones (excluding diaryl/α,β-unsaturated/α-hetero) is 1. The average molecular weight is 246 g/mol. The van der Waals surface area contributed by atoms with Gasteiger partial charge in [0.2, 0.25) is 0 Å². The molecule has 2 atom stereocenters. The average Bonchev–Trinajstić information content (AvgIpc) is 2.88. The summed E-state index contributed by atoms with van der Waals surface area (Å²) in [6.07, 6.45) is 5.17. The molecule has 0 radical (unpaired) electrons. The first-order valence-corrected chi connectivity index (χ1v) is 6.88. The molecule has 2 unspecified atom stereocenters. The molecule has 0 N–H and O–H groups in total. The molecular formula is C16H22O2. The number of rotatable bonds is 5. The second kappa shape index (κ2) is 6.03. The molecule has 1 saturated carbocycles. The molecule has 0 saturated heterocycles. The van der Waals surface area contributed by atoms with Gasteiger partial charge in [0.05, 0.1) is 7.11 Å². The smallest absolute Gasteiger partial charge is 0.140 e. The van der Waals surface area contributed by atoms with E-state index in [-0.39, 0.29) is 0 Å². The van der Waals surface area contributed by atoms with Gasteiger partial charge in [-0.25, -0.2) is 0 Å². The molecule has 2 rings (SSSR count). The van der Waals surface area contributed by atoms with E-state index in [1.165, 1.54) is 12.8 Å². The van der Waals surface area contributed by atoms with Crippen molar-refractivity contribution in [3.05, 3.63) is 29.8 Å². The van der Waals surface area contributed by atoms with Crippen molar-refractivity contribution < 1.29 is 9.53 Å². The van der Waals surface area contributed by atoms with Crippen LogP contribution in [-0.4, -0.2) is 12.9 Å². The zero-order valence-electron chi connectivity index (χ0n) is 11.3. The van der Waals surface area contributed by atoms with Crippen molar-refractivity contribution in [3.8, 4) is 5.75 Å². The zero-order valence-corrected chi connectivity index (χ0v) is 11.3. The number of carbonyl (C=O) groups is 1. The second-order valence-electron chi connectivity index (χ2n) is 5.28. The Morgan fingerprint density at radius 2 is 2.22 bits per heavy atom. The SMILES string of the molecule is CCC1CCC(C(=O)Cc2cccc(OC)c2)C1. The summed E-state index contributed by atoms with van der Waals surface area (Å²) in [5.74, 6) is 2.29. The number of hydrogen-bond acceptors (Lipinski definition) is 2. The van der Waals surface area contributed by atoms with Crippen LogP contribution in [-0.2, 0) is 11.2 Å². The Labute approximate surface area is 109 Å². The van der Waals surface area contributed by atoms with Crippen molar-refractivity contribution in [3.63, 3.8) is 0 Å². The molecule has 1 aliphatic carbocycles. The van der Waals surface area contributed by atoms with Gasteiger partial charge in [0.25, 0.3) is 0 Å². The lowest BCUT2D eigenvalue weighted by atomic mass is 9.95. The van der Waals surface area contributed by atoms with E-state index in [0.717, 1.165) is 30.1 Å². The summed E-state index contributed by atoms with van der Waals surface area (Å²) in [5, 5.41) is 0. The van der Waals surface area contributed by atoms with Gasteiger partial charge in [-0.15, -0.1) is 0 Å². The summed E-state index contributed by atoms with van der Waals surface area (Å²) in [4.78, 5) is 12.2. The van der Waals surface area contributed by atoms with Crippen molar-refractivity contribution in [2.75, 3.05) is 7.11 Å². The van der Waals surface area contributed by atoms with Gasteiger partial charge in [0, 0.05) is 12.3 Å². The Kier molecular flexibility index (Phi) is 4.40. The minimum Gasteiger partial charge on any atom is -0.497 e. The van der Waals surface area contributed by atoms with Gasteiger partial charge in [0.1, 0.15) is 11.5 Å². The third-order valence-corrected chi connectivity index (χ3v) is 4.09. The monoisotopic (exact) mass is 246 g/mol. The van der Waals surface area contributed by atoms with Crippen LogP contribution < -0.4 is 4.74 Å². The first kappa shape index (κ1) is 13.1. The molecule has 1 fully saturated rings. The Balaban J connectivity index is 1.94. The van der Waals surface area contributed by atoms with Gasteiger partial charge in [0.15, 0.2) is 0 Å². The number of ether oxygens (including phenoxy) is 1. The van der Waals surface area contributed by atoms with E-state index < -0.39 is 0 Å². The fourth-order valence-corrected chi connectivity index (χ4v) is 2.87. The van der Waals surface area contributed by atoms with Crippen molar-refractivity contribution in [2.45, 2.75) is 39.0 Å². The van der Waals surface area contributed by atoms with Crippen molar-refractivity contribution in [2.24, 2.45) is 11.8 Å². The second-order valence-corrected chi connectivity index (χ2v) is 5.28. The molecule has 18 heavy (non-hydrogen) atoms. The maximum Gasteiger partial charge on any atom is 0.140 e. The summed E-state index contributed by atoms with van der Waals surface area (Å²) in [6.45, 7) is 2.22. The van der Waals surface area contributed by atoms with Crippen LogP contribution >= 0.6 is 0 Å². The predicted molar refractivity (Wildman–Crippen MR) is 72.8 cm³/mol. The molecule has 2 nitrogen and oxygen atoms in total. The lowest BCUT2D eigenvalue weighted by Gasteiger charge is -2.10. The van der Waals surface area contributed by atoms with E-state index in [4.69, 9.17) is 4.74 Å². The van der Waals surface area contributed by atoms with E-state index in [1.54, 1.807) is 7.11 Å². The normalized spacial score (nSPS) is 23.0. The van der Waals surface area contributed by atoms with Gasteiger partial charge in [-0.1, -0.05) is 25.5 Å². The van der Waals surface area contributed by atoms with E-state index >= 15 is 0 Å². The van der Waals surface area contributed by atoms with Crippen molar-refractivity contribution in [1.82, 2.24) is 0 Å². The van der Waals surface area contributed by atoms with Gasteiger partial charge in [-0.05, 0) is 42.9 Å². The highest BCUT2D eigenvalue weighted by Crippen LogP contribution is 2.34. The standard InChI is InChI=1S/C16H22O2/c1-3-12-7-8-14(9-12)16(17)11-13-5-4-6-15(10-13)18-2/h4-6,10,12,14H,3,7-9,11H2,1-2H3. The summed E-state index contributed by atoms with van der Waals surface area (Å²) in [7, 11) is 1.66. The quantitative estimate of drug-likeness (QED) is 0.793. The lowest BCUT2D eigenvalue weighted by molar-refractivity contribution is -0.122. The summed E-state index contributed by atoms with van der Waals surface area (Å²) < 4.78 is 5.19. The van der Waals surface area contributed by atoms with Crippen LogP contribution in [0.1, 0.15) is 38.2 Å². The van der Waals surface area contributed by atoms with Crippen LogP contribution in [0.5, 0.6) is 5.75 Å². The lowest BCUT2D eigenvalue weighted by Crippen LogP contribution is -2.14. The minimum absolute atomic E-state index is 0.293. The Hall–Kier alpha value is -1.31. The number of hydrogen-bond donors (Lipinski definition) is 0. The Morgan fingerprint density at radius 3 is 2.89 bits per heavy atom. The Morgan fingerprint density at radius 1 is 1.39 bits per heavy atom. The van der Waals surface area contributed by atoms with Crippen LogP contribution in [0, 0.1) is 11.8 Å². The molecule has 0 spiro atoms. The molecule has 0 bridgehead atoms. The van der Waals surface area contributed by atoms with E-state index in [9.17, 15) is 4.79 Å². The predicted octanol–water partition coefficient (Wildman–Crippen LogP) is 3.63. The molecule has 1 aromatic rings. The molecule has 2 heteroatoms. The maximum absolute atomic E-state index is 12.2. The van der Waals surface area contributed by atoms with Crippen molar-refractivity contribution >= 4 is 5.78 Å². The summed E-state index contributed by atoms with van der Waals surface area (Å²) >= 11 is 0. The third-order valence-electron chi connectivity index (χ3n) is 4.09. The summed E-state index contributed by atoms with van der Waals surface area (Å²) in [6, 6.07) is 7.83. The van der Waals surface area contributed by atoms with Gasteiger partial charge < -0.3 is 4.74 Å². The van der Waals surface area contributed by atoms with Gasteiger partial charge in [-0.3, -0.25) is 4.79 Å². The van der Waals surface area contributed by atoms with E-state index in [2.05, 4.69) is 6.92 Å². The summed E-state index contributed by atoms with van der Waals surface area (Å²) in [5.41, 5.74) is 1.07. The highest BCUT2D eigenvalue weighted by molar-refractivity contribution is 5.83.